The number of benzene rings is 2. The highest BCUT2D eigenvalue weighted by molar-refractivity contribution is 7.89. The minimum absolute atomic E-state index is 0.182. The molecule has 3 aromatic rings. The van der Waals surface area contributed by atoms with Crippen molar-refractivity contribution in [3.05, 3.63) is 75.7 Å². The smallest absolute Gasteiger partial charge is 0.262 e. The molecule has 3 rings (SSSR count). The summed E-state index contributed by atoms with van der Waals surface area (Å²) in [6.45, 7) is 8.25. The van der Waals surface area contributed by atoms with E-state index in [9.17, 15) is 13.2 Å². The number of sulfonamides is 1. The Bertz CT molecular complexity index is 1370. The van der Waals surface area contributed by atoms with Crippen LogP contribution in [0.5, 0.6) is 17.2 Å². The van der Waals surface area contributed by atoms with E-state index in [-0.39, 0.29) is 22.2 Å². The monoisotopic (exact) mass is 506 g/mol. The molecule has 3 N–H and O–H groups in total. The van der Waals surface area contributed by atoms with E-state index in [0.717, 1.165) is 0 Å². The van der Waals surface area contributed by atoms with Gasteiger partial charge in [0.05, 0.1) is 18.0 Å². The van der Waals surface area contributed by atoms with Crippen molar-refractivity contribution in [2.45, 2.75) is 11.9 Å². The fourth-order valence-electron chi connectivity index (χ4n) is 2.64. The molecule has 0 atom stereocenters. The van der Waals surface area contributed by atoms with Crippen molar-refractivity contribution in [2.75, 3.05) is 11.9 Å². The topological polar surface area (TPSA) is 125 Å². The number of ether oxygens (including phenoxy) is 2. The summed E-state index contributed by atoms with van der Waals surface area (Å²) in [4.78, 5) is 19.6. The Labute approximate surface area is 199 Å². The van der Waals surface area contributed by atoms with E-state index in [1.54, 1.807) is 12.1 Å². The predicted molar refractivity (Wildman–Crippen MR) is 124 cm³/mol. The maximum absolute atomic E-state index is 12.4. The number of nitrogens with one attached hydrogen (secondary N) is 1. The van der Waals surface area contributed by atoms with Gasteiger partial charge in [-0.15, -0.1) is 0 Å². The van der Waals surface area contributed by atoms with Crippen LogP contribution >= 0.6 is 23.2 Å². The molecule has 0 aliphatic rings. The maximum atomic E-state index is 12.4. The first kappa shape index (κ1) is 24.3. The highest BCUT2D eigenvalue weighted by Gasteiger charge is 2.15. The Morgan fingerprint density at radius 2 is 1.88 bits per heavy atom. The van der Waals surface area contributed by atoms with Gasteiger partial charge in [-0.05, 0) is 49.4 Å². The molecule has 1 amide bonds. The number of hydrogen-bond acceptors (Lipinski definition) is 6. The van der Waals surface area contributed by atoms with E-state index in [1.165, 1.54) is 43.3 Å². The van der Waals surface area contributed by atoms with Gasteiger partial charge >= 0.3 is 0 Å². The number of rotatable bonds is 7. The zero-order chi connectivity index (χ0) is 24.2. The lowest BCUT2D eigenvalue weighted by molar-refractivity contribution is -0.118. The molecule has 0 unspecified atom stereocenters. The number of nitrogens with zero attached hydrogens (tertiary/aromatic N) is 2. The van der Waals surface area contributed by atoms with Gasteiger partial charge in [0, 0.05) is 16.1 Å². The molecule has 2 aromatic carbocycles. The van der Waals surface area contributed by atoms with Crippen molar-refractivity contribution in [1.82, 2.24) is 4.98 Å². The van der Waals surface area contributed by atoms with Crippen LogP contribution in [0.4, 0.5) is 11.4 Å². The summed E-state index contributed by atoms with van der Waals surface area (Å²) in [5.41, 5.74) is 0.855. The summed E-state index contributed by atoms with van der Waals surface area (Å²) in [6, 6.07) is 11.7. The van der Waals surface area contributed by atoms with Crippen molar-refractivity contribution >= 4 is 50.5 Å². The molecule has 0 bridgehead atoms. The van der Waals surface area contributed by atoms with Gasteiger partial charge in [-0.25, -0.2) is 23.4 Å². The summed E-state index contributed by atoms with van der Waals surface area (Å²) in [5.74, 6) is 0.205. The van der Waals surface area contributed by atoms with Crippen LogP contribution in [0.15, 0.2) is 53.6 Å². The van der Waals surface area contributed by atoms with Crippen LogP contribution in [-0.2, 0) is 14.8 Å². The number of pyridine rings is 1. The van der Waals surface area contributed by atoms with Crippen molar-refractivity contribution in [3.8, 4) is 17.2 Å². The standard InChI is InChI=1S/C21H16Cl2N4O5S/c1-12-17(4-6-21(26-12)33(24,29)30)27-20(28)11-31-19-9-13(22)3-5-18(19)32-16-8-14(23)7-15(10-16)25-2/h3-10H,11H2,1H3,(H,27,28)(H2,24,29,30). The third-order valence-electron chi connectivity index (χ3n) is 4.10. The number of halogens is 2. The van der Waals surface area contributed by atoms with E-state index < -0.39 is 22.5 Å². The summed E-state index contributed by atoms with van der Waals surface area (Å²) in [7, 11) is -3.96. The van der Waals surface area contributed by atoms with Gasteiger partial charge in [0.15, 0.2) is 28.8 Å². The first-order chi connectivity index (χ1) is 15.5. The van der Waals surface area contributed by atoms with Crippen molar-refractivity contribution < 1.29 is 22.7 Å². The first-order valence-corrected chi connectivity index (χ1v) is 11.4. The van der Waals surface area contributed by atoms with Crippen molar-refractivity contribution in [1.29, 1.82) is 0 Å². The van der Waals surface area contributed by atoms with Crippen LogP contribution in [0.1, 0.15) is 5.69 Å². The van der Waals surface area contributed by atoms with E-state index in [4.69, 9.17) is 44.4 Å². The highest BCUT2D eigenvalue weighted by Crippen LogP contribution is 2.36. The largest absolute Gasteiger partial charge is 0.480 e. The molecule has 12 heteroatoms. The van der Waals surface area contributed by atoms with Gasteiger partial charge < -0.3 is 14.8 Å². The normalized spacial score (nSPS) is 10.9. The molecule has 0 fully saturated rings. The van der Waals surface area contributed by atoms with Crippen molar-refractivity contribution in [3.63, 3.8) is 0 Å². The minimum Gasteiger partial charge on any atom is -0.480 e. The van der Waals surface area contributed by atoms with Crippen LogP contribution in [0.25, 0.3) is 4.85 Å². The van der Waals surface area contributed by atoms with Crippen LogP contribution in [0, 0.1) is 13.5 Å². The molecule has 0 aliphatic carbocycles. The lowest BCUT2D eigenvalue weighted by Crippen LogP contribution is -2.21. The molecule has 1 heterocycles. The Morgan fingerprint density at radius 3 is 2.55 bits per heavy atom. The van der Waals surface area contributed by atoms with Gasteiger partial charge in [-0.1, -0.05) is 23.2 Å². The van der Waals surface area contributed by atoms with Crippen LogP contribution in [0.3, 0.4) is 0 Å². The second-order valence-electron chi connectivity index (χ2n) is 6.61. The second kappa shape index (κ2) is 10.1. The third kappa shape index (κ3) is 6.57. The summed E-state index contributed by atoms with van der Waals surface area (Å²) < 4.78 is 34.1. The maximum Gasteiger partial charge on any atom is 0.262 e. The molecule has 0 aliphatic heterocycles. The Morgan fingerprint density at radius 1 is 1.12 bits per heavy atom. The summed E-state index contributed by atoms with van der Waals surface area (Å²) in [6.07, 6.45) is 0. The number of primary sulfonamides is 1. The van der Waals surface area contributed by atoms with Gasteiger partial charge in [-0.3, -0.25) is 4.79 Å². The number of hydrogen-bond donors (Lipinski definition) is 2. The molecule has 0 saturated heterocycles. The minimum atomic E-state index is -3.96. The molecule has 0 spiro atoms. The average molecular weight is 507 g/mol. The number of carbonyl (C=O) groups excluding carboxylic acids is 1. The molecular weight excluding hydrogens is 491 g/mol. The third-order valence-corrected chi connectivity index (χ3v) is 5.37. The Balaban J connectivity index is 1.73. The van der Waals surface area contributed by atoms with E-state index in [0.29, 0.717) is 27.2 Å². The molecule has 0 radical (unpaired) electrons. The van der Waals surface area contributed by atoms with Crippen molar-refractivity contribution in [2.24, 2.45) is 5.14 Å². The number of aryl methyl sites for hydroxylation is 1. The van der Waals surface area contributed by atoms with Gasteiger partial charge in [0.25, 0.3) is 15.9 Å². The molecular formula is C21H16Cl2N4O5S. The van der Waals surface area contributed by atoms with Crippen LogP contribution in [-0.4, -0.2) is 25.9 Å². The van der Waals surface area contributed by atoms with Gasteiger partial charge in [0.1, 0.15) is 5.75 Å². The number of nitrogens with two attached hydrogens (primary N) is 1. The fraction of sp³-hybridized carbons (Fsp3) is 0.0952. The van der Waals surface area contributed by atoms with E-state index >= 15 is 0 Å². The zero-order valence-electron chi connectivity index (χ0n) is 17.0. The Hall–Kier alpha value is -3.36. The molecule has 170 valence electrons. The number of carbonyl (C=O) groups is 1. The quantitative estimate of drug-likeness (QED) is 0.447. The molecule has 0 saturated carbocycles. The van der Waals surface area contributed by atoms with E-state index in [1.807, 2.05) is 0 Å². The fourth-order valence-corrected chi connectivity index (χ4v) is 3.54. The molecule has 9 nitrogen and oxygen atoms in total. The van der Waals surface area contributed by atoms with Crippen LogP contribution < -0.4 is 19.9 Å². The van der Waals surface area contributed by atoms with Gasteiger partial charge in [-0.2, -0.15) is 0 Å². The second-order valence-corrected chi connectivity index (χ2v) is 9.00. The van der Waals surface area contributed by atoms with Crippen LogP contribution in [0.2, 0.25) is 10.0 Å². The average Bonchev–Trinajstić information content (AvgIpc) is 2.74. The van der Waals surface area contributed by atoms with E-state index in [2.05, 4.69) is 15.1 Å². The number of anilines is 1. The predicted octanol–water partition coefficient (Wildman–Crippen LogP) is 4.70. The SMILES string of the molecule is [C-]#[N+]c1cc(Cl)cc(Oc2ccc(Cl)cc2OCC(=O)Nc2ccc(S(N)(=O)=O)nc2C)c1. The molecule has 1 aromatic heterocycles. The Kier molecular flexibility index (Phi) is 7.40. The number of amides is 1. The lowest BCUT2D eigenvalue weighted by Gasteiger charge is -2.14. The van der Waals surface area contributed by atoms with Gasteiger partial charge in [0.2, 0.25) is 0 Å². The summed E-state index contributed by atoms with van der Waals surface area (Å²) >= 11 is 12.1. The number of aromatic nitrogens is 1. The molecule has 33 heavy (non-hydrogen) atoms. The lowest BCUT2D eigenvalue weighted by atomic mass is 10.3. The summed E-state index contributed by atoms with van der Waals surface area (Å²) in [5, 5.41) is 8.00. The zero-order valence-corrected chi connectivity index (χ0v) is 19.3. The first-order valence-electron chi connectivity index (χ1n) is 9.14. The highest BCUT2D eigenvalue weighted by atomic mass is 35.5.